The van der Waals surface area contributed by atoms with E-state index in [2.05, 4.69) is 4.98 Å². The molecule has 21 heavy (non-hydrogen) atoms. The van der Waals surface area contributed by atoms with Crippen LogP contribution in [0.5, 0.6) is 11.6 Å². The third-order valence-electron chi connectivity index (χ3n) is 3.21. The molecule has 0 amide bonds. The molecule has 0 bridgehead atoms. The molecule has 2 N–H and O–H groups in total. The maximum atomic E-state index is 13.5. The van der Waals surface area contributed by atoms with Crippen molar-refractivity contribution in [1.29, 1.82) is 0 Å². The molecule has 0 saturated carbocycles. The minimum absolute atomic E-state index is 0.0821. The number of nitrogens with two attached hydrogens (primary N) is 1. The summed E-state index contributed by atoms with van der Waals surface area (Å²) >= 11 is 0. The van der Waals surface area contributed by atoms with Gasteiger partial charge < -0.3 is 10.5 Å². The Morgan fingerprint density at radius 2 is 2.05 bits per heavy atom. The Kier molecular flexibility index (Phi) is 4.85. The number of nitrogens with zero attached hydrogens (tertiary/aromatic N) is 1. The maximum absolute atomic E-state index is 13.5. The minimum atomic E-state index is -0.630. The Hall–Kier alpha value is -2.01. The average molecular weight is 292 g/mol. The predicted molar refractivity (Wildman–Crippen MR) is 77.4 cm³/mol. The SMILES string of the molecule is CCC(N)Cc1cnc(Oc2cc(F)ccc2F)c(C)c1. The summed E-state index contributed by atoms with van der Waals surface area (Å²) in [6, 6.07) is 5.04. The van der Waals surface area contributed by atoms with Crippen LogP contribution < -0.4 is 10.5 Å². The first-order chi connectivity index (χ1) is 9.99. The lowest BCUT2D eigenvalue weighted by atomic mass is 10.1. The first kappa shape index (κ1) is 15.4. The highest BCUT2D eigenvalue weighted by Gasteiger charge is 2.11. The van der Waals surface area contributed by atoms with Gasteiger partial charge in [0, 0.05) is 23.9 Å². The molecule has 0 aliphatic heterocycles. The first-order valence-corrected chi connectivity index (χ1v) is 6.83. The van der Waals surface area contributed by atoms with Gasteiger partial charge in [0.1, 0.15) is 5.82 Å². The third kappa shape index (κ3) is 3.98. The molecule has 0 aliphatic rings. The van der Waals surface area contributed by atoms with Crippen LogP contribution in [-0.4, -0.2) is 11.0 Å². The van der Waals surface area contributed by atoms with Crippen molar-refractivity contribution in [2.45, 2.75) is 32.7 Å². The van der Waals surface area contributed by atoms with E-state index in [-0.39, 0.29) is 17.7 Å². The van der Waals surface area contributed by atoms with E-state index in [0.29, 0.717) is 0 Å². The summed E-state index contributed by atoms with van der Waals surface area (Å²) in [4.78, 5) is 4.16. The molecular formula is C16H18F2N2O. The van der Waals surface area contributed by atoms with Gasteiger partial charge in [0.15, 0.2) is 11.6 Å². The highest BCUT2D eigenvalue weighted by molar-refractivity contribution is 5.34. The summed E-state index contributed by atoms with van der Waals surface area (Å²) in [5, 5.41) is 0. The largest absolute Gasteiger partial charge is 0.436 e. The molecule has 1 aromatic carbocycles. The summed E-state index contributed by atoms with van der Waals surface area (Å²) in [6.07, 6.45) is 3.25. The zero-order chi connectivity index (χ0) is 15.4. The Labute approximate surface area is 122 Å². The molecule has 3 nitrogen and oxygen atoms in total. The normalized spacial score (nSPS) is 12.2. The molecule has 0 spiro atoms. The second kappa shape index (κ2) is 6.63. The molecule has 2 aromatic rings. The number of halogens is 2. The van der Waals surface area contributed by atoms with Crippen molar-refractivity contribution in [2.75, 3.05) is 0 Å². The van der Waals surface area contributed by atoms with Crippen LogP contribution in [0.3, 0.4) is 0 Å². The Morgan fingerprint density at radius 1 is 1.29 bits per heavy atom. The van der Waals surface area contributed by atoms with Crippen LogP contribution in [0.1, 0.15) is 24.5 Å². The van der Waals surface area contributed by atoms with Crippen LogP contribution in [0.25, 0.3) is 0 Å². The molecular weight excluding hydrogens is 274 g/mol. The van der Waals surface area contributed by atoms with Crippen molar-refractivity contribution in [3.63, 3.8) is 0 Å². The molecule has 112 valence electrons. The molecule has 0 aliphatic carbocycles. The number of pyridine rings is 1. The third-order valence-corrected chi connectivity index (χ3v) is 3.21. The maximum Gasteiger partial charge on any atom is 0.222 e. The molecule has 1 atom stereocenters. The van der Waals surface area contributed by atoms with Crippen LogP contribution in [-0.2, 0) is 6.42 Å². The number of rotatable bonds is 5. The summed E-state index contributed by atoms with van der Waals surface area (Å²) in [7, 11) is 0. The second-order valence-corrected chi connectivity index (χ2v) is 5.01. The summed E-state index contributed by atoms with van der Waals surface area (Å²) in [5.74, 6) is -1.11. The molecule has 0 saturated heterocycles. The average Bonchev–Trinajstić information content (AvgIpc) is 2.45. The van der Waals surface area contributed by atoms with E-state index in [0.717, 1.165) is 42.2 Å². The number of hydrogen-bond donors (Lipinski definition) is 1. The van der Waals surface area contributed by atoms with Crippen LogP contribution in [0, 0.1) is 18.6 Å². The molecule has 0 radical (unpaired) electrons. The fourth-order valence-corrected chi connectivity index (χ4v) is 1.95. The van der Waals surface area contributed by atoms with Gasteiger partial charge in [0.2, 0.25) is 5.88 Å². The molecule has 1 heterocycles. The predicted octanol–water partition coefficient (Wildman–Crippen LogP) is 3.74. The van der Waals surface area contributed by atoms with Gasteiger partial charge in [-0.1, -0.05) is 6.92 Å². The van der Waals surface area contributed by atoms with Crippen LogP contribution in [0.15, 0.2) is 30.5 Å². The van der Waals surface area contributed by atoms with Crippen molar-refractivity contribution in [1.82, 2.24) is 4.98 Å². The van der Waals surface area contributed by atoms with Gasteiger partial charge >= 0.3 is 0 Å². The molecule has 2 rings (SSSR count). The van der Waals surface area contributed by atoms with E-state index in [9.17, 15) is 8.78 Å². The van der Waals surface area contributed by atoms with Crippen LogP contribution >= 0.6 is 0 Å². The Bertz CT molecular complexity index is 632. The van der Waals surface area contributed by atoms with E-state index in [4.69, 9.17) is 10.5 Å². The zero-order valence-electron chi connectivity index (χ0n) is 12.1. The van der Waals surface area contributed by atoms with Crippen molar-refractivity contribution in [3.05, 3.63) is 53.2 Å². The van der Waals surface area contributed by atoms with Crippen molar-refractivity contribution < 1.29 is 13.5 Å². The van der Waals surface area contributed by atoms with Crippen molar-refractivity contribution >= 4 is 0 Å². The molecule has 1 aromatic heterocycles. The fourth-order valence-electron chi connectivity index (χ4n) is 1.95. The monoisotopic (exact) mass is 292 g/mol. The topological polar surface area (TPSA) is 48.1 Å². The molecule has 1 unspecified atom stereocenters. The quantitative estimate of drug-likeness (QED) is 0.913. The highest BCUT2D eigenvalue weighted by atomic mass is 19.1. The molecule has 5 heteroatoms. The zero-order valence-corrected chi connectivity index (χ0v) is 12.1. The van der Waals surface area contributed by atoms with E-state index in [1.165, 1.54) is 0 Å². The highest BCUT2D eigenvalue weighted by Crippen LogP contribution is 2.26. The molecule has 0 fully saturated rings. The van der Waals surface area contributed by atoms with Gasteiger partial charge in [-0.2, -0.15) is 0 Å². The smallest absolute Gasteiger partial charge is 0.222 e. The van der Waals surface area contributed by atoms with Gasteiger partial charge in [-0.25, -0.2) is 13.8 Å². The fraction of sp³-hybridized carbons (Fsp3) is 0.312. The van der Waals surface area contributed by atoms with Crippen molar-refractivity contribution in [2.24, 2.45) is 5.73 Å². The summed E-state index contributed by atoms with van der Waals surface area (Å²) in [5.41, 5.74) is 7.65. The lowest BCUT2D eigenvalue weighted by Gasteiger charge is -2.12. The number of ether oxygens (including phenoxy) is 1. The number of hydrogen-bond acceptors (Lipinski definition) is 3. The summed E-state index contributed by atoms with van der Waals surface area (Å²) < 4.78 is 32.0. The van der Waals surface area contributed by atoms with Gasteiger partial charge in [-0.05, 0) is 43.5 Å². The van der Waals surface area contributed by atoms with E-state index in [1.807, 2.05) is 13.0 Å². The van der Waals surface area contributed by atoms with Gasteiger partial charge in [0.05, 0.1) is 0 Å². The number of aryl methyl sites for hydroxylation is 1. The van der Waals surface area contributed by atoms with E-state index in [1.54, 1.807) is 13.1 Å². The number of benzene rings is 1. The lowest BCUT2D eigenvalue weighted by Crippen LogP contribution is -2.21. The Morgan fingerprint density at radius 3 is 2.71 bits per heavy atom. The second-order valence-electron chi connectivity index (χ2n) is 5.01. The lowest BCUT2D eigenvalue weighted by molar-refractivity contribution is 0.419. The van der Waals surface area contributed by atoms with Gasteiger partial charge in [-0.3, -0.25) is 0 Å². The minimum Gasteiger partial charge on any atom is -0.436 e. The Balaban J connectivity index is 2.19. The number of aromatic nitrogens is 1. The van der Waals surface area contributed by atoms with Crippen LogP contribution in [0.2, 0.25) is 0 Å². The first-order valence-electron chi connectivity index (χ1n) is 6.83. The van der Waals surface area contributed by atoms with Gasteiger partial charge in [0.25, 0.3) is 0 Å². The standard InChI is InChI=1S/C16H18F2N2O/c1-3-13(19)7-11-6-10(2)16(20-9-11)21-15-8-12(17)4-5-14(15)18/h4-6,8-9,13H,3,7,19H2,1-2H3. The van der Waals surface area contributed by atoms with Gasteiger partial charge in [-0.15, -0.1) is 0 Å². The van der Waals surface area contributed by atoms with E-state index >= 15 is 0 Å². The van der Waals surface area contributed by atoms with Crippen LogP contribution in [0.4, 0.5) is 8.78 Å². The van der Waals surface area contributed by atoms with Crippen molar-refractivity contribution in [3.8, 4) is 11.6 Å². The van der Waals surface area contributed by atoms with E-state index < -0.39 is 11.6 Å². The summed E-state index contributed by atoms with van der Waals surface area (Å²) in [6.45, 7) is 3.83.